The van der Waals surface area contributed by atoms with E-state index in [-0.39, 0.29) is 24.7 Å². The van der Waals surface area contributed by atoms with Gasteiger partial charge >= 0.3 is 5.97 Å². The van der Waals surface area contributed by atoms with Gasteiger partial charge in [0.25, 0.3) is 0 Å². The topological polar surface area (TPSA) is 74.2 Å². The van der Waals surface area contributed by atoms with Gasteiger partial charge in [0.05, 0.1) is 20.8 Å². The fraction of sp³-hybridized carbons (Fsp3) is 0.370. The van der Waals surface area contributed by atoms with Gasteiger partial charge < -0.3 is 14.2 Å². The first kappa shape index (κ1) is 23.7. The summed E-state index contributed by atoms with van der Waals surface area (Å²) in [6.07, 6.45) is 0.720. The van der Waals surface area contributed by atoms with Gasteiger partial charge in [0, 0.05) is 29.3 Å². The second-order valence-electron chi connectivity index (χ2n) is 8.49. The van der Waals surface area contributed by atoms with Crippen molar-refractivity contribution in [1.29, 1.82) is 0 Å². The van der Waals surface area contributed by atoms with Gasteiger partial charge in [-0.2, -0.15) is 0 Å². The zero-order chi connectivity index (χ0) is 24.4. The van der Waals surface area contributed by atoms with E-state index in [9.17, 15) is 14.0 Å². The molecular formula is C27H28FNO5. The van der Waals surface area contributed by atoms with Crippen molar-refractivity contribution in [2.24, 2.45) is 10.9 Å². The van der Waals surface area contributed by atoms with E-state index in [4.69, 9.17) is 19.2 Å². The van der Waals surface area contributed by atoms with Crippen LogP contribution in [0.1, 0.15) is 49.7 Å². The molecule has 7 heteroatoms. The minimum atomic E-state index is -0.850. The summed E-state index contributed by atoms with van der Waals surface area (Å²) >= 11 is 0. The Labute approximate surface area is 198 Å². The Morgan fingerprint density at radius 1 is 1.09 bits per heavy atom. The molecule has 1 aliphatic carbocycles. The fourth-order valence-electron chi connectivity index (χ4n) is 5.00. The van der Waals surface area contributed by atoms with Crippen LogP contribution < -0.4 is 9.47 Å². The molecule has 178 valence electrons. The highest BCUT2D eigenvalue weighted by Gasteiger charge is 2.45. The molecule has 1 aliphatic heterocycles. The van der Waals surface area contributed by atoms with Gasteiger partial charge in [-0.15, -0.1) is 0 Å². The van der Waals surface area contributed by atoms with Crippen LogP contribution in [-0.4, -0.2) is 38.3 Å². The summed E-state index contributed by atoms with van der Waals surface area (Å²) in [7, 11) is 3.14. The quantitative estimate of drug-likeness (QED) is 0.563. The minimum Gasteiger partial charge on any atom is -0.493 e. The zero-order valence-electron chi connectivity index (χ0n) is 19.8. The van der Waals surface area contributed by atoms with Crippen molar-refractivity contribution in [3.8, 4) is 11.5 Å². The van der Waals surface area contributed by atoms with E-state index in [1.54, 1.807) is 46.3 Å². The number of benzene rings is 2. The molecule has 0 N–H and O–H groups in total. The number of Topliss-reactive ketones (excluding diaryl/α,β-unsaturated/α-hetero) is 1. The predicted molar refractivity (Wildman–Crippen MR) is 126 cm³/mol. The van der Waals surface area contributed by atoms with Crippen LogP contribution in [0.25, 0.3) is 0 Å². The van der Waals surface area contributed by atoms with Crippen LogP contribution in [-0.2, 0) is 14.3 Å². The number of hydrogen-bond acceptors (Lipinski definition) is 6. The number of rotatable bonds is 6. The standard InChI is InChI=1S/C27H28FNO5/c1-5-34-27(31)24-15(2)29-20-12-17(16-10-11-22(32-3)23(14-16)33-4)13-21(30)26(20)25(24)18-8-6-7-9-19(18)28/h6-11,14,17,24-25H,5,12-13H2,1-4H3/t17-,24?,25-/m1/s1. The van der Waals surface area contributed by atoms with Crippen molar-refractivity contribution in [3.63, 3.8) is 0 Å². The molecule has 0 fully saturated rings. The highest BCUT2D eigenvalue weighted by molar-refractivity contribution is 6.09. The first-order valence-electron chi connectivity index (χ1n) is 11.3. The highest BCUT2D eigenvalue weighted by atomic mass is 19.1. The number of halogens is 1. The van der Waals surface area contributed by atoms with Gasteiger partial charge in [0.2, 0.25) is 0 Å². The molecule has 0 spiro atoms. The summed E-state index contributed by atoms with van der Waals surface area (Å²) in [4.78, 5) is 31.2. The van der Waals surface area contributed by atoms with Gasteiger partial charge in [0.1, 0.15) is 11.7 Å². The van der Waals surface area contributed by atoms with Gasteiger partial charge in [-0.05, 0) is 55.5 Å². The number of carbonyl (C=O) groups excluding carboxylic acids is 2. The number of nitrogens with zero attached hydrogens (tertiary/aromatic N) is 1. The maximum absolute atomic E-state index is 15.0. The van der Waals surface area contributed by atoms with Gasteiger partial charge in [-0.25, -0.2) is 4.39 Å². The molecule has 2 aromatic rings. The maximum Gasteiger partial charge on any atom is 0.315 e. The van der Waals surface area contributed by atoms with Crippen LogP contribution in [0.15, 0.2) is 58.7 Å². The summed E-state index contributed by atoms with van der Waals surface area (Å²) in [5.41, 5.74) is 2.76. The summed E-state index contributed by atoms with van der Waals surface area (Å²) in [6.45, 7) is 3.65. The molecule has 0 aromatic heterocycles. The van der Waals surface area contributed by atoms with E-state index < -0.39 is 23.6 Å². The average Bonchev–Trinajstić information content (AvgIpc) is 2.83. The molecule has 0 bridgehead atoms. The number of ether oxygens (including phenoxy) is 3. The molecule has 6 nitrogen and oxygen atoms in total. The van der Waals surface area contributed by atoms with Crippen LogP contribution in [0.2, 0.25) is 0 Å². The third-order valence-electron chi connectivity index (χ3n) is 6.55. The molecule has 0 saturated heterocycles. The number of methoxy groups -OCH3 is 2. The van der Waals surface area contributed by atoms with Crippen LogP contribution in [0.4, 0.5) is 4.39 Å². The van der Waals surface area contributed by atoms with E-state index in [1.807, 2.05) is 18.2 Å². The molecule has 1 heterocycles. The molecule has 0 amide bonds. The van der Waals surface area contributed by atoms with E-state index in [0.29, 0.717) is 40.5 Å². The lowest BCUT2D eigenvalue weighted by atomic mass is 9.69. The lowest BCUT2D eigenvalue weighted by Crippen LogP contribution is -2.38. The number of hydrogen-bond donors (Lipinski definition) is 0. The Balaban J connectivity index is 1.79. The lowest BCUT2D eigenvalue weighted by Gasteiger charge is -2.36. The molecule has 0 radical (unpaired) electrons. The van der Waals surface area contributed by atoms with Crippen molar-refractivity contribution in [1.82, 2.24) is 0 Å². The number of aliphatic imine (C=N–C) groups is 1. The predicted octanol–water partition coefficient (Wildman–Crippen LogP) is 4.98. The number of ketones is 1. The monoisotopic (exact) mass is 465 g/mol. The Morgan fingerprint density at radius 3 is 2.50 bits per heavy atom. The van der Waals surface area contributed by atoms with Crippen molar-refractivity contribution < 1.29 is 28.2 Å². The molecule has 0 saturated carbocycles. The molecule has 1 unspecified atom stereocenters. The van der Waals surface area contributed by atoms with E-state index in [2.05, 4.69) is 0 Å². The third-order valence-corrected chi connectivity index (χ3v) is 6.55. The second kappa shape index (κ2) is 9.79. The summed E-state index contributed by atoms with van der Waals surface area (Å²) in [5, 5.41) is 0. The highest BCUT2D eigenvalue weighted by Crippen LogP contribution is 2.48. The number of carbonyl (C=O) groups is 2. The number of esters is 1. The number of allylic oxidation sites excluding steroid dienone is 2. The summed E-state index contributed by atoms with van der Waals surface area (Å²) < 4.78 is 31.0. The first-order chi connectivity index (χ1) is 16.4. The van der Waals surface area contributed by atoms with Crippen LogP contribution in [0.3, 0.4) is 0 Å². The van der Waals surface area contributed by atoms with Crippen LogP contribution >= 0.6 is 0 Å². The lowest BCUT2D eigenvalue weighted by molar-refractivity contribution is -0.146. The van der Waals surface area contributed by atoms with Crippen LogP contribution in [0, 0.1) is 11.7 Å². The molecule has 3 atom stereocenters. The average molecular weight is 466 g/mol. The molecular weight excluding hydrogens is 437 g/mol. The Morgan fingerprint density at radius 2 is 1.82 bits per heavy atom. The Kier molecular flexibility index (Phi) is 6.82. The van der Waals surface area contributed by atoms with Gasteiger partial charge in [-0.3, -0.25) is 14.6 Å². The Hall–Kier alpha value is -3.48. The van der Waals surface area contributed by atoms with Gasteiger partial charge in [-0.1, -0.05) is 24.3 Å². The van der Waals surface area contributed by atoms with Crippen molar-refractivity contribution in [2.45, 2.75) is 38.5 Å². The molecule has 2 aromatic carbocycles. The SMILES string of the molecule is CCOC(=O)C1C(C)=NC2=C(C(=O)C[C@H](c3ccc(OC)c(OC)c3)C2)[C@@H]1c1ccccc1F. The molecule has 2 aliphatic rings. The largest absolute Gasteiger partial charge is 0.493 e. The first-order valence-corrected chi connectivity index (χ1v) is 11.3. The minimum absolute atomic E-state index is 0.122. The van der Waals surface area contributed by atoms with Crippen molar-refractivity contribution >= 4 is 17.5 Å². The zero-order valence-corrected chi connectivity index (χ0v) is 19.8. The normalized spacial score (nSPS) is 22.1. The molecule has 34 heavy (non-hydrogen) atoms. The third kappa shape index (κ3) is 4.22. The summed E-state index contributed by atoms with van der Waals surface area (Å²) in [5.74, 6) is -1.65. The van der Waals surface area contributed by atoms with Crippen molar-refractivity contribution in [3.05, 3.63) is 70.7 Å². The van der Waals surface area contributed by atoms with Gasteiger partial charge in [0.15, 0.2) is 17.3 Å². The van der Waals surface area contributed by atoms with Crippen molar-refractivity contribution in [2.75, 3.05) is 20.8 Å². The maximum atomic E-state index is 15.0. The van der Waals surface area contributed by atoms with E-state index in [0.717, 1.165) is 5.56 Å². The second-order valence-corrected chi connectivity index (χ2v) is 8.49. The van der Waals surface area contributed by atoms with E-state index in [1.165, 1.54) is 6.07 Å². The summed E-state index contributed by atoms with van der Waals surface area (Å²) in [6, 6.07) is 11.9. The van der Waals surface area contributed by atoms with Crippen LogP contribution in [0.5, 0.6) is 11.5 Å². The Bertz CT molecular complexity index is 1190. The van der Waals surface area contributed by atoms with E-state index >= 15 is 0 Å². The fourth-order valence-corrected chi connectivity index (χ4v) is 5.00. The smallest absolute Gasteiger partial charge is 0.315 e. The molecule has 4 rings (SSSR count).